The van der Waals surface area contributed by atoms with Crippen LogP contribution in [-0.4, -0.2) is 22.2 Å². The summed E-state index contributed by atoms with van der Waals surface area (Å²) in [6, 6.07) is 15.3. The largest absolute Gasteiger partial charge is 0.467 e. The van der Waals surface area contributed by atoms with Gasteiger partial charge >= 0.3 is 0 Å². The summed E-state index contributed by atoms with van der Waals surface area (Å²) >= 11 is 6.34. The zero-order valence-electron chi connectivity index (χ0n) is 14.5. The zero-order chi connectivity index (χ0) is 19.3. The third-order valence-corrected chi connectivity index (χ3v) is 6.10. The summed E-state index contributed by atoms with van der Waals surface area (Å²) in [4.78, 5) is 16.2. The molecule has 1 saturated heterocycles. The van der Waals surface area contributed by atoms with Gasteiger partial charge in [0.25, 0.3) is 5.91 Å². The molecule has 0 saturated carbocycles. The van der Waals surface area contributed by atoms with Crippen LogP contribution >= 0.6 is 39.0 Å². The van der Waals surface area contributed by atoms with Crippen molar-refractivity contribution in [2.45, 2.75) is 6.54 Å². The minimum Gasteiger partial charge on any atom is -0.467 e. The number of thiophene rings is 1. The van der Waals surface area contributed by atoms with E-state index >= 15 is 0 Å². The molecule has 28 heavy (non-hydrogen) atoms. The van der Waals surface area contributed by atoms with Gasteiger partial charge in [-0.2, -0.15) is 5.10 Å². The lowest BCUT2D eigenvalue weighted by Crippen LogP contribution is -2.28. The number of carbonyl (C=O) groups excluding carboxylic acids is 1. The van der Waals surface area contributed by atoms with Crippen LogP contribution in [0.25, 0.3) is 6.08 Å². The molecule has 0 spiro atoms. The second-order valence-electron chi connectivity index (χ2n) is 5.78. The molecular formula is C20H14BrN3O2S2. The van der Waals surface area contributed by atoms with Gasteiger partial charge in [0.15, 0.2) is 5.17 Å². The summed E-state index contributed by atoms with van der Waals surface area (Å²) in [5, 5.41) is 10.9. The van der Waals surface area contributed by atoms with Crippen molar-refractivity contribution in [2.75, 3.05) is 0 Å². The van der Waals surface area contributed by atoms with Gasteiger partial charge < -0.3 is 4.42 Å². The van der Waals surface area contributed by atoms with Crippen LogP contribution in [0.4, 0.5) is 0 Å². The van der Waals surface area contributed by atoms with E-state index in [0.717, 1.165) is 14.9 Å². The number of hydrogen-bond acceptors (Lipinski definition) is 6. The lowest BCUT2D eigenvalue weighted by molar-refractivity contribution is -0.122. The van der Waals surface area contributed by atoms with E-state index in [-0.39, 0.29) is 5.91 Å². The fraction of sp³-hybridized carbons (Fsp3) is 0.0500. The summed E-state index contributed by atoms with van der Waals surface area (Å²) in [5.41, 5.74) is 0.937. The van der Waals surface area contributed by atoms with Crippen molar-refractivity contribution in [3.63, 3.8) is 0 Å². The Bertz CT molecular complexity index is 1060. The number of benzene rings is 1. The predicted octanol–water partition coefficient (Wildman–Crippen LogP) is 5.61. The van der Waals surface area contributed by atoms with Gasteiger partial charge in [0.2, 0.25) is 0 Å². The molecule has 4 rings (SSSR count). The first-order chi connectivity index (χ1) is 13.7. The first kappa shape index (κ1) is 18.9. The van der Waals surface area contributed by atoms with E-state index in [1.54, 1.807) is 34.8 Å². The van der Waals surface area contributed by atoms with Crippen molar-refractivity contribution < 1.29 is 9.21 Å². The summed E-state index contributed by atoms with van der Waals surface area (Å²) in [5.74, 6) is 0.569. The molecule has 2 aromatic heterocycles. The summed E-state index contributed by atoms with van der Waals surface area (Å²) < 4.78 is 6.36. The number of hydrogen-bond donors (Lipinski definition) is 0. The molecule has 5 nitrogen and oxygen atoms in total. The summed E-state index contributed by atoms with van der Waals surface area (Å²) in [6.07, 6.45) is 5.13. The van der Waals surface area contributed by atoms with Crippen LogP contribution in [0.2, 0.25) is 0 Å². The number of rotatable bonds is 5. The van der Waals surface area contributed by atoms with Gasteiger partial charge in [-0.1, -0.05) is 34.1 Å². The highest BCUT2D eigenvalue weighted by molar-refractivity contribution is 9.10. The molecular weight excluding hydrogens is 458 g/mol. The van der Waals surface area contributed by atoms with Crippen LogP contribution in [0.5, 0.6) is 0 Å². The number of thioether (sulfide) groups is 1. The van der Waals surface area contributed by atoms with Gasteiger partial charge in [-0.15, -0.1) is 16.4 Å². The van der Waals surface area contributed by atoms with Gasteiger partial charge in [-0.3, -0.25) is 9.69 Å². The molecule has 0 radical (unpaired) electrons. The van der Waals surface area contributed by atoms with Crippen LogP contribution < -0.4 is 0 Å². The summed E-state index contributed by atoms with van der Waals surface area (Å²) in [7, 11) is 0. The lowest BCUT2D eigenvalue weighted by atomic mass is 10.2. The smallest absolute Gasteiger partial charge is 0.267 e. The minimum absolute atomic E-state index is 0.119. The summed E-state index contributed by atoms with van der Waals surface area (Å²) in [6.45, 7) is 0.308. The van der Waals surface area contributed by atoms with Gasteiger partial charge in [0.05, 0.1) is 23.9 Å². The highest BCUT2D eigenvalue weighted by atomic mass is 79.9. The lowest BCUT2D eigenvalue weighted by Gasteiger charge is -2.12. The number of amides is 1. The Balaban J connectivity index is 1.63. The fourth-order valence-electron chi connectivity index (χ4n) is 2.53. The van der Waals surface area contributed by atoms with Crippen LogP contribution in [0.3, 0.4) is 0 Å². The SMILES string of the molecule is O=C1/C(=C/c2cccc(Br)c2)S/C(=N\N=C\c2cccs2)N1Cc1ccco1. The molecule has 8 heteroatoms. The van der Waals surface area contributed by atoms with Gasteiger partial charge in [0.1, 0.15) is 5.76 Å². The number of carbonyl (C=O) groups is 1. The third kappa shape index (κ3) is 4.52. The minimum atomic E-state index is -0.119. The number of halogens is 1. The highest BCUT2D eigenvalue weighted by Gasteiger charge is 2.34. The van der Waals surface area contributed by atoms with Gasteiger partial charge in [-0.25, -0.2) is 0 Å². The van der Waals surface area contributed by atoms with E-state index in [2.05, 4.69) is 26.1 Å². The van der Waals surface area contributed by atoms with Gasteiger partial charge in [-0.05, 0) is 59.1 Å². The molecule has 3 heterocycles. The van der Waals surface area contributed by atoms with E-state index in [4.69, 9.17) is 4.42 Å². The molecule has 0 bridgehead atoms. The highest BCUT2D eigenvalue weighted by Crippen LogP contribution is 2.34. The molecule has 1 aromatic carbocycles. The second kappa shape index (κ2) is 8.72. The maximum atomic E-state index is 13.0. The monoisotopic (exact) mass is 471 g/mol. The van der Waals surface area contributed by atoms with Crippen LogP contribution in [0, 0.1) is 0 Å². The number of furan rings is 1. The Hall–Kier alpha value is -2.42. The van der Waals surface area contributed by atoms with Crippen molar-refractivity contribution in [3.05, 3.63) is 85.8 Å². The standard InChI is InChI=1S/C20H14BrN3O2S2/c21-15-5-1-4-14(10-15)11-18-19(25)24(13-16-6-2-8-26-16)20(28-18)23-22-12-17-7-3-9-27-17/h1-12H,13H2/b18-11-,22-12+,23-20-. The van der Waals surface area contributed by atoms with Crippen LogP contribution in [0.15, 0.2) is 84.2 Å². The molecule has 1 aliphatic rings. The van der Waals surface area contributed by atoms with Crippen molar-refractivity contribution in [3.8, 4) is 0 Å². The van der Waals surface area contributed by atoms with Crippen LogP contribution in [0.1, 0.15) is 16.2 Å². The van der Waals surface area contributed by atoms with E-state index in [1.807, 2.05) is 53.9 Å². The molecule has 1 aliphatic heterocycles. The third-order valence-electron chi connectivity index (χ3n) is 3.80. The molecule has 3 aromatic rings. The molecule has 140 valence electrons. The topological polar surface area (TPSA) is 58.2 Å². The maximum Gasteiger partial charge on any atom is 0.267 e. The quantitative estimate of drug-likeness (QED) is 0.276. The number of nitrogens with zero attached hydrogens (tertiary/aromatic N) is 3. The van der Waals surface area contributed by atoms with Crippen molar-refractivity contribution in [1.82, 2.24) is 4.90 Å². The van der Waals surface area contributed by atoms with Crippen molar-refractivity contribution >= 4 is 62.4 Å². The van der Waals surface area contributed by atoms with E-state index < -0.39 is 0 Å². The Morgan fingerprint density at radius 3 is 2.86 bits per heavy atom. The first-order valence-corrected chi connectivity index (χ1v) is 10.8. The molecule has 0 N–H and O–H groups in total. The molecule has 0 unspecified atom stereocenters. The Kier molecular flexibility index (Phi) is 5.90. The van der Waals surface area contributed by atoms with E-state index in [0.29, 0.717) is 22.4 Å². The Labute approximate surface area is 178 Å². The molecule has 0 atom stereocenters. The fourth-order valence-corrected chi connectivity index (χ4v) is 4.46. The number of amidine groups is 1. The van der Waals surface area contributed by atoms with Gasteiger partial charge in [0, 0.05) is 9.35 Å². The predicted molar refractivity (Wildman–Crippen MR) is 118 cm³/mol. The van der Waals surface area contributed by atoms with Crippen molar-refractivity contribution in [2.24, 2.45) is 10.2 Å². The molecule has 1 amide bonds. The van der Waals surface area contributed by atoms with Crippen molar-refractivity contribution in [1.29, 1.82) is 0 Å². The van der Waals surface area contributed by atoms with E-state index in [1.165, 1.54) is 11.8 Å². The normalized spacial score (nSPS) is 17.5. The molecule has 1 fully saturated rings. The average molecular weight is 472 g/mol. The second-order valence-corrected chi connectivity index (χ2v) is 8.68. The van der Waals surface area contributed by atoms with E-state index in [9.17, 15) is 4.79 Å². The van der Waals surface area contributed by atoms with Crippen LogP contribution in [-0.2, 0) is 11.3 Å². The average Bonchev–Trinajstić information content (AvgIpc) is 3.42. The Morgan fingerprint density at radius 2 is 2.11 bits per heavy atom. The zero-order valence-corrected chi connectivity index (χ0v) is 17.7. The Morgan fingerprint density at radius 1 is 1.18 bits per heavy atom. The molecule has 0 aliphatic carbocycles. The maximum absolute atomic E-state index is 13.0. The first-order valence-electron chi connectivity index (χ1n) is 8.33.